The number of nitrogens with zero attached hydrogens (tertiary/aromatic N) is 6. The van der Waals surface area contributed by atoms with E-state index in [1.165, 1.54) is 138 Å². The fourth-order valence-corrected chi connectivity index (χ4v) is 37.5. The molecule has 16 saturated carbocycles. The maximum atomic E-state index is 12.1. The first-order valence-electron chi connectivity index (χ1n) is 49.1. The second kappa shape index (κ2) is 31.5. The Hall–Kier alpha value is -6.46. The minimum absolute atomic E-state index is 0.000328. The van der Waals surface area contributed by atoms with E-state index in [4.69, 9.17) is 32.2 Å². The minimum Gasteiger partial charge on any atom is -0.405 e. The van der Waals surface area contributed by atoms with Crippen molar-refractivity contribution in [2.24, 2.45) is 189 Å². The number of halogens is 1. The summed E-state index contributed by atoms with van der Waals surface area (Å²) in [6.45, 7) is 12.7. The fraction of sp³-hybridized carbons (Fsp3) is 0.720. The average molecular weight is 1720 g/mol. The molecule has 18 aliphatic rings. The Kier molecular flexibility index (Phi) is 21.0. The van der Waals surface area contributed by atoms with Gasteiger partial charge in [-0.2, -0.15) is 0 Å². The molecule has 8 N–H and O–H groups in total. The van der Waals surface area contributed by atoms with Crippen molar-refractivity contribution in [1.82, 2.24) is 9.80 Å². The van der Waals surface area contributed by atoms with E-state index in [-0.39, 0.29) is 56.9 Å². The van der Waals surface area contributed by atoms with Crippen LogP contribution in [0.1, 0.15) is 213 Å². The molecule has 20 nitrogen and oxygen atoms in total. The summed E-state index contributed by atoms with van der Waals surface area (Å²) < 4.78 is 12.0. The van der Waals surface area contributed by atoms with Crippen LogP contribution >= 0.6 is 15.9 Å². The second-order valence-corrected chi connectivity index (χ2v) is 45.0. The first-order valence-corrected chi connectivity index (χ1v) is 50.2. The van der Waals surface area contributed by atoms with Crippen molar-refractivity contribution >= 4 is 117 Å². The molecule has 24 rings (SSSR count). The number of nitro groups is 4. The highest BCUT2D eigenvalue weighted by Crippen LogP contribution is 2.76. The van der Waals surface area contributed by atoms with Gasteiger partial charge in [0.25, 0.3) is 22.7 Å². The van der Waals surface area contributed by atoms with Crippen LogP contribution in [-0.2, 0) is 15.9 Å². The molecule has 2 saturated heterocycles. The van der Waals surface area contributed by atoms with Gasteiger partial charge in [-0.25, -0.2) is 0 Å². The molecular formula is C100H132BBrN10O10. The third-order valence-electron chi connectivity index (χ3n) is 39.7. The Labute approximate surface area is 728 Å². The predicted octanol–water partition coefficient (Wildman–Crippen LogP) is 21.8. The number of non-ortho nitro benzene ring substituents is 4. The highest BCUT2D eigenvalue weighted by molar-refractivity contribution is 9.09. The van der Waals surface area contributed by atoms with Gasteiger partial charge in [0.2, 0.25) is 0 Å². The number of rotatable bonds is 12. The molecular weight excluding hydrogens is 1590 g/mol. The van der Waals surface area contributed by atoms with Gasteiger partial charge < -0.3 is 32.2 Å². The number of anilines is 4. The zero-order chi connectivity index (χ0) is 83.6. The van der Waals surface area contributed by atoms with Crippen LogP contribution in [0.2, 0.25) is 0 Å². The van der Waals surface area contributed by atoms with Crippen molar-refractivity contribution in [2.45, 2.75) is 226 Å². The highest BCUT2D eigenvalue weighted by atomic mass is 79.9. The minimum atomic E-state index is -0.964. The van der Waals surface area contributed by atoms with Crippen LogP contribution in [0.5, 0.6) is 0 Å². The number of nitro benzene ring substituents is 4. The zero-order valence-electron chi connectivity index (χ0n) is 72.5. The Morgan fingerprint density at radius 2 is 0.639 bits per heavy atom. The number of benzene rings is 6. The van der Waals surface area contributed by atoms with Gasteiger partial charge in [-0.05, 0) is 390 Å². The van der Waals surface area contributed by atoms with Gasteiger partial charge in [0, 0.05) is 138 Å². The van der Waals surface area contributed by atoms with Crippen LogP contribution < -0.4 is 28.4 Å². The van der Waals surface area contributed by atoms with Gasteiger partial charge in [-0.3, -0.25) is 50.3 Å². The van der Waals surface area contributed by atoms with Gasteiger partial charge in [0.05, 0.1) is 25.1 Å². The number of hydrogen-bond acceptors (Lipinski definition) is 16. The van der Waals surface area contributed by atoms with Crippen LogP contribution in [0.15, 0.2) is 60.7 Å². The topological polar surface area (TPSA) is 302 Å². The standard InChI is InChI=1S/C47H59N5O4.C33H50BrN.C20H23BN4O6/c48-40-19-27(52(55)56)18-38-39(37-17-26(51(53)54)9-12-36(37)47(49)46(38)40)22-50-20-24-7-10-30-34-15-13-32-28-5-1-3-23-4-2-6-29(42(23)28)33-14-16-35(45(34)44(32)33)31-11-8-25(21-50)41(24)43(30)31;34-17-35-15-19-7-9-23-27-13-11-25-21-5-1-3-18-4-2-6-22(30(18)21)26-12-14-28(33(27)32(25)26)24-10-8-20(16-35)29(19)31(23)24;1-10(2)30-21(31-11(3)4)19-15-7-12(24(26)27)5-6-14(15)20(23)18-16(19)8-13(25(28)29)9-17(18)22/h9,12,17-19,23-25,28-35,41-45H,1-8,10-11,13-16,20-22,48-49H2;18-33H,1-17H2;5-11H,22-23H2,1-4H3. The molecule has 0 bridgehead atoms. The molecule has 0 amide bonds. The molecule has 20 unspecified atom stereocenters. The Morgan fingerprint density at radius 1 is 0.344 bits per heavy atom. The number of piperidine rings is 2. The predicted molar refractivity (Wildman–Crippen MR) is 487 cm³/mol. The van der Waals surface area contributed by atoms with Crippen molar-refractivity contribution in [3.8, 4) is 0 Å². The largest absolute Gasteiger partial charge is 0.495 e. The lowest BCUT2D eigenvalue weighted by Crippen LogP contribution is -2.66. The zero-order valence-corrected chi connectivity index (χ0v) is 74.1. The number of nitrogen functional groups attached to an aromatic ring is 4. The maximum Gasteiger partial charge on any atom is 0.495 e. The monoisotopic (exact) mass is 1720 g/mol. The van der Waals surface area contributed by atoms with Crippen LogP contribution in [0, 0.1) is 230 Å². The van der Waals surface area contributed by atoms with Gasteiger partial charge in [-0.15, -0.1) is 0 Å². The van der Waals surface area contributed by atoms with Gasteiger partial charge >= 0.3 is 7.12 Å². The van der Waals surface area contributed by atoms with E-state index in [1.807, 2.05) is 27.7 Å². The molecule has 22 heteroatoms. The molecule has 16 aliphatic carbocycles. The van der Waals surface area contributed by atoms with Crippen molar-refractivity contribution in [3.05, 3.63) is 107 Å². The SMILES string of the molecule is BrCN1CC2CCC3C4CCC5C6CCCC7CCCC(C8CCC(C9CCC(C1)C2C39)C4C58)C76.CC(C)OB(OC(C)C)c1c2cc([N+](=O)[O-])ccc2c(N)c2c(N)cc([N+](=O)[O-])cc12.Nc1cc([N+](=O)[O-])cc2c(CN3CC4CCC5C6CCC7C8CCCC9CCCC(C%10CCC(C%11CCC(C3)C4C5%11)C6C7%10)C98)c3cc([N+](=O)[O-])ccc3c(N)c12. The van der Waals surface area contributed by atoms with E-state index in [9.17, 15) is 40.5 Å². The molecule has 6 aromatic carbocycles. The summed E-state index contributed by atoms with van der Waals surface area (Å²) in [7, 11) is -0.964. The third kappa shape index (κ3) is 12.9. The maximum absolute atomic E-state index is 12.1. The lowest BCUT2D eigenvalue weighted by atomic mass is 9.34. The van der Waals surface area contributed by atoms with Crippen molar-refractivity contribution < 1.29 is 29.0 Å². The quantitative estimate of drug-likeness (QED) is 0.0168. The van der Waals surface area contributed by atoms with E-state index in [1.54, 1.807) is 134 Å². The van der Waals surface area contributed by atoms with E-state index in [0.29, 0.717) is 67.2 Å². The number of fused-ring (bicyclic) bond motifs is 12. The molecule has 0 radical (unpaired) electrons. The molecule has 0 aromatic heterocycles. The van der Waals surface area contributed by atoms with Crippen molar-refractivity contribution in [3.63, 3.8) is 0 Å². The lowest BCUT2D eigenvalue weighted by Gasteiger charge is -2.71. The fourth-order valence-electron chi connectivity index (χ4n) is 37.1. The number of alkyl halides is 1. The first-order chi connectivity index (χ1) is 59.1. The Bertz CT molecular complexity index is 5020. The van der Waals surface area contributed by atoms with Crippen LogP contribution in [-0.4, -0.2) is 80.5 Å². The average Bonchev–Trinajstić information content (AvgIpc) is 0.690. The summed E-state index contributed by atoms with van der Waals surface area (Å²) in [6, 6.07) is 14.7. The molecule has 122 heavy (non-hydrogen) atoms. The summed E-state index contributed by atoms with van der Waals surface area (Å²) in [5.41, 5.74) is 28.8. The summed E-state index contributed by atoms with van der Waals surface area (Å²) in [5.74, 6) is 33.5. The summed E-state index contributed by atoms with van der Waals surface area (Å²) in [5, 5.41) is 51.4. The van der Waals surface area contributed by atoms with Gasteiger partial charge in [-0.1, -0.05) is 67.3 Å². The van der Waals surface area contributed by atoms with E-state index in [2.05, 4.69) is 25.7 Å². The second-order valence-electron chi connectivity index (χ2n) is 44.5. The van der Waals surface area contributed by atoms with Crippen molar-refractivity contribution in [1.29, 1.82) is 0 Å². The normalized spacial score (nSPS) is 40.7. The number of nitrogens with two attached hydrogens (primary N) is 4. The summed E-state index contributed by atoms with van der Waals surface area (Å²) >= 11 is 3.84. The van der Waals surface area contributed by atoms with Crippen LogP contribution in [0.3, 0.4) is 0 Å². The molecule has 0 spiro atoms. The number of likely N-dealkylation sites (tertiary alicyclic amines) is 2. The molecule has 2 heterocycles. The highest BCUT2D eigenvalue weighted by Gasteiger charge is 2.70. The van der Waals surface area contributed by atoms with E-state index in [0.717, 1.165) is 189 Å². The molecule has 2 aliphatic heterocycles. The smallest absolute Gasteiger partial charge is 0.405 e. The summed E-state index contributed by atoms with van der Waals surface area (Å²) in [6.07, 6.45) is 43.0. The van der Waals surface area contributed by atoms with E-state index >= 15 is 0 Å². The van der Waals surface area contributed by atoms with Crippen molar-refractivity contribution in [2.75, 3.05) is 54.6 Å². The van der Waals surface area contributed by atoms with Crippen LogP contribution in [0.4, 0.5) is 45.5 Å². The van der Waals surface area contributed by atoms with E-state index < -0.39 is 21.9 Å². The lowest BCUT2D eigenvalue weighted by molar-refractivity contribution is -0.384. The van der Waals surface area contributed by atoms with Gasteiger partial charge in [0.15, 0.2) is 0 Å². The molecule has 18 fully saturated rings. The molecule has 6 aromatic rings. The van der Waals surface area contributed by atoms with Gasteiger partial charge in [0.1, 0.15) is 0 Å². The van der Waals surface area contributed by atoms with Crippen LogP contribution in [0.25, 0.3) is 43.1 Å². The third-order valence-corrected chi connectivity index (χ3v) is 40.4. The Balaban J connectivity index is 0.000000116. The molecule has 652 valence electrons. The first kappa shape index (κ1) is 81.3. The Morgan fingerprint density at radius 3 is 0.984 bits per heavy atom. The molecule has 20 atom stereocenters. The summed E-state index contributed by atoms with van der Waals surface area (Å²) in [4.78, 5) is 50.5. The number of hydrogen-bond donors (Lipinski definition) is 4.